The van der Waals surface area contributed by atoms with Crippen molar-refractivity contribution in [2.45, 2.75) is 0 Å². The van der Waals surface area contributed by atoms with E-state index in [4.69, 9.17) is 5.26 Å². The molecule has 1 amide bonds. The third-order valence-electron chi connectivity index (χ3n) is 2.34. The first-order valence-corrected chi connectivity index (χ1v) is 5.26. The number of nitriles is 1. The number of carbonyl (C=O) groups is 1. The van der Waals surface area contributed by atoms with Crippen LogP contribution in [0.1, 0.15) is 15.9 Å². The van der Waals surface area contributed by atoms with E-state index in [1.54, 1.807) is 24.3 Å². The van der Waals surface area contributed by atoms with Gasteiger partial charge in [0.05, 0.1) is 11.6 Å². The van der Waals surface area contributed by atoms with Crippen molar-refractivity contribution in [1.82, 2.24) is 0 Å². The highest BCUT2D eigenvalue weighted by Gasteiger charge is 2.06. The van der Waals surface area contributed by atoms with Crippen molar-refractivity contribution in [3.63, 3.8) is 0 Å². The van der Waals surface area contributed by atoms with Crippen molar-refractivity contribution < 1.29 is 9.18 Å². The fourth-order valence-electron chi connectivity index (χ4n) is 1.50. The Bertz CT molecular complexity index is 632. The minimum atomic E-state index is -0.418. The van der Waals surface area contributed by atoms with E-state index >= 15 is 0 Å². The summed E-state index contributed by atoms with van der Waals surface area (Å²) >= 11 is 0. The van der Waals surface area contributed by atoms with Gasteiger partial charge in [-0.25, -0.2) is 4.39 Å². The molecule has 0 fully saturated rings. The smallest absolute Gasteiger partial charge is 0.255 e. The molecular weight excluding hydrogens is 231 g/mol. The molecule has 0 heterocycles. The predicted molar refractivity (Wildman–Crippen MR) is 65.5 cm³/mol. The van der Waals surface area contributed by atoms with Crippen LogP contribution in [-0.2, 0) is 0 Å². The Balaban J connectivity index is 2.20. The van der Waals surface area contributed by atoms with Crippen LogP contribution in [0.25, 0.3) is 0 Å². The van der Waals surface area contributed by atoms with Crippen LogP contribution >= 0.6 is 0 Å². The lowest BCUT2D eigenvalue weighted by Gasteiger charge is -2.05. The number of nitrogens with zero attached hydrogens (tertiary/aromatic N) is 1. The number of hydrogen-bond donors (Lipinski definition) is 1. The number of hydrogen-bond acceptors (Lipinski definition) is 2. The minimum Gasteiger partial charge on any atom is -0.322 e. The number of anilines is 1. The summed E-state index contributed by atoms with van der Waals surface area (Å²) in [5.74, 6) is -0.795. The summed E-state index contributed by atoms with van der Waals surface area (Å²) in [6, 6.07) is 13.9. The van der Waals surface area contributed by atoms with E-state index in [1.165, 1.54) is 24.3 Å². The summed E-state index contributed by atoms with van der Waals surface area (Å²) in [5, 5.41) is 11.3. The first-order valence-electron chi connectivity index (χ1n) is 5.26. The number of amides is 1. The topological polar surface area (TPSA) is 52.9 Å². The van der Waals surface area contributed by atoms with Gasteiger partial charge in [-0.15, -0.1) is 0 Å². The number of benzene rings is 2. The Hall–Kier alpha value is -2.67. The fraction of sp³-hybridized carbons (Fsp3) is 0. The molecule has 0 saturated carbocycles. The number of carbonyl (C=O) groups excluding carboxylic acids is 1. The monoisotopic (exact) mass is 240 g/mol. The van der Waals surface area contributed by atoms with Crippen LogP contribution in [-0.4, -0.2) is 5.91 Å². The lowest BCUT2D eigenvalue weighted by atomic mass is 10.1. The van der Waals surface area contributed by atoms with Crippen LogP contribution in [0.15, 0.2) is 48.5 Å². The summed E-state index contributed by atoms with van der Waals surface area (Å²) < 4.78 is 12.9. The Morgan fingerprint density at radius 3 is 2.67 bits per heavy atom. The van der Waals surface area contributed by atoms with E-state index in [1.807, 2.05) is 6.07 Å². The molecule has 4 heteroatoms. The third-order valence-corrected chi connectivity index (χ3v) is 2.34. The van der Waals surface area contributed by atoms with Crippen molar-refractivity contribution in [3.05, 3.63) is 65.5 Å². The summed E-state index contributed by atoms with van der Waals surface area (Å²) in [5.41, 5.74) is 1.14. The van der Waals surface area contributed by atoms with E-state index in [9.17, 15) is 9.18 Å². The van der Waals surface area contributed by atoms with Crippen LogP contribution in [0.3, 0.4) is 0 Å². The molecule has 3 nitrogen and oxygen atoms in total. The van der Waals surface area contributed by atoms with Crippen LogP contribution in [0.2, 0.25) is 0 Å². The van der Waals surface area contributed by atoms with E-state index in [2.05, 4.69) is 5.32 Å². The Labute approximate surface area is 103 Å². The van der Waals surface area contributed by atoms with Gasteiger partial charge in [0.25, 0.3) is 5.91 Å². The molecule has 0 atom stereocenters. The van der Waals surface area contributed by atoms with Gasteiger partial charge in [-0.1, -0.05) is 12.1 Å². The molecule has 2 aromatic rings. The van der Waals surface area contributed by atoms with Crippen molar-refractivity contribution in [2.75, 3.05) is 5.32 Å². The van der Waals surface area contributed by atoms with E-state index in [0.29, 0.717) is 16.8 Å². The molecular formula is C14H9FN2O. The van der Waals surface area contributed by atoms with E-state index < -0.39 is 5.82 Å². The van der Waals surface area contributed by atoms with Gasteiger partial charge in [-0.3, -0.25) is 4.79 Å². The van der Waals surface area contributed by atoms with Gasteiger partial charge < -0.3 is 5.32 Å². The normalized spacial score (nSPS) is 9.56. The highest BCUT2D eigenvalue weighted by atomic mass is 19.1. The van der Waals surface area contributed by atoms with Crippen molar-refractivity contribution in [1.29, 1.82) is 5.26 Å². The molecule has 2 rings (SSSR count). The molecule has 0 aliphatic heterocycles. The van der Waals surface area contributed by atoms with Crippen molar-refractivity contribution in [3.8, 4) is 6.07 Å². The molecule has 88 valence electrons. The Kier molecular flexibility index (Phi) is 3.35. The van der Waals surface area contributed by atoms with Crippen LogP contribution < -0.4 is 5.32 Å². The largest absolute Gasteiger partial charge is 0.322 e. The molecule has 0 aromatic heterocycles. The maximum absolute atomic E-state index is 12.9. The summed E-state index contributed by atoms with van der Waals surface area (Å²) in [4.78, 5) is 11.9. The fourth-order valence-corrected chi connectivity index (χ4v) is 1.50. The molecule has 18 heavy (non-hydrogen) atoms. The summed E-state index contributed by atoms with van der Waals surface area (Å²) in [6.07, 6.45) is 0. The van der Waals surface area contributed by atoms with Crippen molar-refractivity contribution in [2.24, 2.45) is 0 Å². The van der Waals surface area contributed by atoms with Gasteiger partial charge >= 0.3 is 0 Å². The van der Waals surface area contributed by atoms with Crippen LogP contribution in [0, 0.1) is 17.1 Å². The molecule has 1 N–H and O–H groups in total. The second-order valence-electron chi connectivity index (χ2n) is 3.66. The van der Waals surface area contributed by atoms with Gasteiger partial charge in [0.15, 0.2) is 0 Å². The number of halogens is 1. The number of rotatable bonds is 2. The van der Waals surface area contributed by atoms with Crippen LogP contribution in [0.4, 0.5) is 10.1 Å². The summed E-state index contributed by atoms with van der Waals surface area (Å²) in [7, 11) is 0. The number of nitrogens with one attached hydrogen (secondary N) is 1. The maximum atomic E-state index is 12.9. The average molecular weight is 240 g/mol. The molecule has 0 unspecified atom stereocenters. The molecule has 0 aliphatic rings. The molecule has 0 aliphatic carbocycles. The van der Waals surface area contributed by atoms with Gasteiger partial charge in [-0.2, -0.15) is 5.26 Å². The lowest BCUT2D eigenvalue weighted by Crippen LogP contribution is -2.12. The summed E-state index contributed by atoms with van der Waals surface area (Å²) in [6.45, 7) is 0. The molecule has 2 aromatic carbocycles. The standard InChI is InChI=1S/C14H9FN2O/c15-12-5-2-6-13(8-12)17-14(18)11-4-1-3-10(7-11)9-16/h1-8H,(H,17,18). The predicted octanol–water partition coefficient (Wildman–Crippen LogP) is 2.95. The minimum absolute atomic E-state index is 0.360. The molecule has 0 bridgehead atoms. The Morgan fingerprint density at radius 2 is 1.94 bits per heavy atom. The van der Waals surface area contributed by atoms with E-state index in [0.717, 1.165) is 0 Å². The zero-order valence-corrected chi connectivity index (χ0v) is 9.35. The molecule has 0 radical (unpaired) electrons. The molecule has 0 saturated heterocycles. The Morgan fingerprint density at radius 1 is 1.17 bits per heavy atom. The van der Waals surface area contributed by atoms with Crippen LogP contribution in [0.5, 0.6) is 0 Å². The van der Waals surface area contributed by atoms with Gasteiger partial charge in [0.2, 0.25) is 0 Å². The first kappa shape index (κ1) is 11.8. The SMILES string of the molecule is N#Cc1cccc(C(=O)Nc2cccc(F)c2)c1. The maximum Gasteiger partial charge on any atom is 0.255 e. The second kappa shape index (κ2) is 5.11. The van der Waals surface area contributed by atoms with Crippen molar-refractivity contribution >= 4 is 11.6 Å². The highest BCUT2D eigenvalue weighted by Crippen LogP contribution is 2.12. The quantitative estimate of drug-likeness (QED) is 0.877. The lowest BCUT2D eigenvalue weighted by molar-refractivity contribution is 0.102. The molecule has 0 spiro atoms. The third kappa shape index (κ3) is 2.71. The zero-order chi connectivity index (χ0) is 13.0. The highest BCUT2D eigenvalue weighted by molar-refractivity contribution is 6.04. The zero-order valence-electron chi connectivity index (χ0n) is 9.35. The van der Waals surface area contributed by atoms with Gasteiger partial charge in [0, 0.05) is 11.3 Å². The van der Waals surface area contributed by atoms with Gasteiger partial charge in [-0.05, 0) is 36.4 Å². The second-order valence-corrected chi connectivity index (χ2v) is 3.66. The van der Waals surface area contributed by atoms with Gasteiger partial charge in [0.1, 0.15) is 5.82 Å². The average Bonchev–Trinajstić information content (AvgIpc) is 2.39. The van der Waals surface area contributed by atoms with E-state index in [-0.39, 0.29) is 5.91 Å². The first-order chi connectivity index (χ1) is 8.69.